The molecule has 2 heterocycles. The molecule has 10 nitrogen and oxygen atoms in total. The summed E-state index contributed by atoms with van der Waals surface area (Å²) in [5.41, 5.74) is 0.912. The highest BCUT2D eigenvalue weighted by atomic mass is 35.5. The Bertz CT molecular complexity index is 1110. The van der Waals surface area contributed by atoms with Gasteiger partial charge in [-0.25, -0.2) is 9.59 Å². The van der Waals surface area contributed by atoms with Gasteiger partial charge in [-0.3, -0.25) is 20.2 Å². The summed E-state index contributed by atoms with van der Waals surface area (Å²) in [5, 5.41) is 16.6. The van der Waals surface area contributed by atoms with Crippen molar-refractivity contribution in [3.8, 4) is 0 Å². The zero-order valence-electron chi connectivity index (χ0n) is 16.7. The van der Waals surface area contributed by atoms with Gasteiger partial charge in [0.1, 0.15) is 0 Å². The van der Waals surface area contributed by atoms with Crippen molar-refractivity contribution in [1.29, 1.82) is 0 Å². The van der Waals surface area contributed by atoms with Crippen molar-refractivity contribution in [2.24, 2.45) is 0 Å². The van der Waals surface area contributed by atoms with Gasteiger partial charge in [0.2, 0.25) is 5.91 Å². The van der Waals surface area contributed by atoms with Crippen LogP contribution in [0.15, 0.2) is 42.5 Å². The van der Waals surface area contributed by atoms with Crippen LogP contribution < -0.4 is 16.0 Å². The van der Waals surface area contributed by atoms with E-state index in [1.807, 2.05) is 0 Å². The lowest BCUT2D eigenvalue weighted by molar-refractivity contribution is -0.130. The molecule has 2 aliphatic heterocycles. The van der Waals surface area contributed by atoms with Gasteiger partial charge in [0.15, 0.2) is 5.60 Å². The number of anilines is 2. The summed E-state index contributed by atoms with van der Waals surface area (Å²) in [4.78, 5) is 49.2. The molecular formula is C21H19ClN4O6. The van der Waals surface area contributed by atoms with E-state index >= 15 is 0 Å². The zero-order valence-corrected chi connectivity index (χ0v) is 17.4. The molecule has 4 N–H and O–H groups in total. The van der Waals surface area contributed by atoms with Crippen LogP contribution in [0.25, 0.3) is 0 Å². The molecule has 11 heteroatoms. The minimum absolute atomic E-state index is 0.151. The molecule has 1 unspecified atom stereocenters. The molecule has 0 radical (unpaired) electrons. The fraction of sp³-hybridized carbons (Fsp3) is 0.238. The average molecular weight is 459 g/mol. The molecule has 1 fully saturated rings. The Hall–Kier alpha value is -3.79. The minimum atomic E-state index is -1.21. The van der Waals surface area contributed by atoms with Gasteiger partial charge in [-0.2, -0.15) is 0 Å². The van der Waals surface area contributed by atoms with E-state index < -0.39 is 23.7 Å². The molecule has 0 bridgehead atoms. The molecule has 4 rings (SSSR count). The fourth-order valence-corrected chi connectivity index (χ4v) is 4.04. The molecule has 2 aromatic rings. The fourth-order valence-electron chi connectivity index (χ4n) is 3.87. The maximum absolute atomic E-state index is 12.7. The number of nitrogens with one attached hydrogen (secondary N) is 3. The molecule has 32 heavy (non-hydrogen) atoms. The van der Waals surface area contributed by atoms with Crippen LogP contribution in [0.5, 0.6) is 0 Å². The third-order valence-corrected chi connectivity index (χ3v) is 5.62. The van der Waals surface area contributed by atoms with Crippen LogP contribution in [0, 0.1) is 0 Å². The van der Waals surface area contributed by atoms with E-state index in [9.17, 15) is 19.2 Å². The Morgan fingerprint density at radius 1 is 1.19 bits per heavy atom. The summed E-state index contributed by atoms with van der Waals surface area (Å²) >= 11 is 6.12. The second-order valence-electron chi connectivity index (χ2n) is 7.45. The van der Waals surface area contributed by atoms with E-state index in [0.717, 1.165) is 0 Å². The van der Waals surface area contributed by atoms with Crippen LogP contribution in [-0.4, -0.2) is 53.6 Å². The molecule has 166 valence electrons. The standard InChI is InChI=1S/C21H19ClN4O6/c22-13-3-6-16-15(9-13)21(32-20(31)25-16)7-8-26(11-21)17(27)10-23-18(28)12-1-4-14(5-2-12)24-19(29)30/h1-6,9,24H,7-8,10-11H2,(H,23,28)(H,25,31)(H,29,30). The van der Waals surface area contributed by atoms with Crippen molar-refractivity contribution in [1.82, 2.24) is 10.2 Å². The number of nitrogens with zero attached hydrogens (tertiary/aromatic N) is 1. The van der Waals surface area contributed by atoms with Crippen molar-refractivity contribution in [2.75, 3.05) is 30.3 Å². The van der Waals surface area contributed by atoms with Crippen LogP contribution in [0.3, 0.4) is 0 Å². The molecule has 1 atom stereocenters. The lowest BCUT2D eigenvalue weighted by Gasteiger charge is -2.35. The predicted molar refractivity (Wildman–Crippen MR) is 115 cm³/mol. The van der Waals surface area contributed by atoms with Crippen LogP contribution >= 0.6 is 11.6 Å². The molecule has 0 aliphatic carbocycles. The lowest BCUT2D eigenvalue weighted by atomic mass is 9.90. The highest BCUT2D eigenvalue weighted by Crippen LogP contribution is 2.43. The van der Waals surface area contributed by atoms with Gasteiger partial charge < -0.3 is 20.1 Å². The quantitative estimate of drug-likeness (QED) is 0.556. The maximum atomic E-state index is 12.7. The van der Waals surface area contributed by atoms with E-state index in [4.69, 9.17) is 21.4 Å². The van der Waals surface area contributed by atoms with E-state index in [1.165, 1.54) is 29.2 Å². The second kappa shape index (κ2) is 8.39. The largest absolute Gasteiger partial charge is 0.465 e. The molecule has 0 aromatic heterocycles. The summed E-state index contributed by atoms with van der Waals surface area (Å²) in [7, 11) is 0. The van der Waals surface area contributed by atoms with Gasteiger partial charge in [-0.05, 0) is 42.5 Å². The van der Waals surface area contributed by atoms with Crippen LogP contribution in [0.2, 0.25) is 5.02 Å². The number of fused-ring (bicyclic) bond motifs is 2. The topological polar surface area (TPSA) is 137 Å². The third-order valence-electron chi connectivity index (χ3n) is 5.38. The first-order chi connectivity index (χ1) is 15.3. The number of benzene rings is 2. The first-order valence-electron chi connectivity index (χ1n) is 9.72. The van der Waals surface area contributed by atoms with Gasteiger partial charge in [0.25, 0.3) is 5.91 Å². The second-order valence-corrected chi connectivity index (χ2v) is 7.89. The number of carboxylic acid groups (broad SMARTS) is 1. The van der Waals surface area contributed by atoms with Crippen molar-refractivity contribution < 1.29 is 29.0 Å². The van der Waals surface area contributed by atoms with Crippen molar-refractivity contribution in [3.05, 3.63) is 58.6 Å². The van der Waals surface area contributed by atoms with Gasteiger partial charge in [0, 0.05) is 34.8 Å². The van der Waals surface area contributed by atoms with E-state index in [-0.39, 0.29) is 24.6 Å². The van der Waals surface area contributed by atoms with Crippen molar-refractivity contribution >= 4 is 47.0 Å². The minimum Gasteiger partial charge on any atom is -0.465 e. The number of carbonyl (C=O) groups is 4. The predicted octanol–water partition coefficient (Wildman–Crippen LogP) is 2.85. The number of carbonyl (C=O) groups excluding carboxylic acids is 3. The van der Waals surface area contributed by atoms with Crippen LogP contribution in [-0.2, 0) is 15.1 Å². The number of halogens is 1. The normalized spacial score (nSPS) is 19.0. The highest BCUT2D eigenvalue weighted by molar-refractivity contribution is 6.30. The average Bonchev–Trinajstić information content (AvgIpc) is 3.17. The first-order valence-corrected chi connectivity index (χ1v) is 10.1. The SMILES string of the molecule is O=C(O)Nc1ccc(C(=O)NCC(=O)N2CCC3(C2)OC(=O)Nc2ccc(Cl)cc23)cc1. The number of rotatable bonds is 4. The molecule has 1 saturated heterocycles. The molecule has 0 saturated carbocycles. The zero-order chi connectivity index (χ0) is 22.9. The first kappa shape index (κ1) is 21.4. The summed E-state index contributed by atoms with van der Waals surface area (Å²) in [6, 6.07) is 10.9. The van der Waals surface area contributed by atoms with E-state index in [2.05, 4.69) is 16.0 Å². The molecule has 2 aromatic carbocycles. The Kier molecular flexibility index (Phi) is 5.62. The van der Waals surface area contributed by atoms with Crippen molar-refractivity contribution in [3.63, 3.8) is 0 Å². The van der Waals surface area contributed by atoms with Crippen LogP contribution in [0.4, 0.5) is 21.0 Å². The number of amides is 4. The molecule has 2 aliphatic rings. The lowest BCUT2D eigenvalue weighted by Crippen LogP contribution is -2.44. The number of hydrogen-bond acceptors (Lipinski definition) is 5. The highest BCUT2D eigenvalue weighted by Gasteiger charge is 2.48. The maximum Gasteiger partial charge on any atom is 0.412 e. The third kappa shape index (κ3) is 4.30. The Morgan fingerprint density at radius 2 is 1.94 bits per heavy atom. The Balaban J connectivity index is 1.39. The molecule has 4 amide bonds. The van der Waals surface area contributed by atoms with Gasteiger partial charge >= 0.3 is 12.2 Å². The van der Waals surface area contributed by atoms with Crippen molar-refractivity contribution in [2.45, 2.75) is 12.0 Å². The van der Waals surface area contributed by atoms with Gasteiger partial charge in [0.05, 0.1) is 18.8 Å². The number of likely N-dealkylation sites (tertiary alicyclic amines) is 1. The number of ether oxygens (including phenoxy) is 1. The van der Waals surface area contributed by atoms with E-state index in [1.54, 1.807) is 18.2 Å². The Labute approximate surface area is 187 Å². The molecule has 1 spiro atoms. The monoisotopic (exact) mass is 458 g/mol. The van der Waals surface area contributed by atoms with Crippen LogP contribution in [0.1, 0.15) is 22.3 Å². The smallest absolute Gasteiger partial charge is 0.412 e. The summed E-state index contributed by atoms with van der Waals surface area (Å²) < 4.78 is 5.59. The van der Waals surface area contributed by atoms with Gasteiger partial charge in [-0.15, -0.1) is 0 Å². The summed E-state index contributed by atoms with van der Waals surface area (Å²) in [6.07, 6.45) is -1.39. The summed E-state index contributed by atoms with van der Waals surface area (Å²) in [5.74, 6) is -0.794. The molecular weight excluding hydrogens is 440 g/mol. The van der Waals surface area contributed by atoms with E-state index in [0.29, 0.717) is 34.9 Å². The Morgan fingerprint density at radius 3 is 2.66 bits per heavy atom. The summed E-state index contributed by atoms with van der Waals surface area (Å²) in [6.45, 7) is 0.264. The van der Waals surface area contributed by atoms with Gasteiger partial charge in [-0.1, -0.05) is 11.6 Å². The number of hydrogen-bond donors (Lipinski definition) is 4.